The molecule has 5 nitrogen and oxygen atoms in total. The van der Waals surface area contributed by atoms with Gasteiger partial charge in [0.05, 0.1) is 0 Å². The number of nitrogens with zero attached hydrogens (tertiary/aromatic N) is 1. The highest BCUT2D eigenvalue weighted by Crippen LogP contribution is 2.09. The highest BCUT2D eigenvalue weighted by molar-refractivity contribution is 5.87. The molecule has 1 aromatic heterocycles. The van der Waals surface area contributed by atoms with Crippen molar-refractivity contribution in [3.05, 3.63) is 30.1 Å². The van der Waals surface area contributed by atoms with Crippen molar-refractivity contribution in [1.29, 1.82) is 0 Å². The molecule has 0 unspecified atom stereocenters. The van der Waals surface area contributed by atoms with Crippen LogP contribution in [0.4, 0.5) is 0 Å². The summed E-state index contributed by atoms with van der Waals surface area (Å²) >= 11 is 0. The van der Waals surface area contributed by atoms with Crippen molar-refractivity contribution in [2.45, 2.75) is 25.5 Å². The van der Waals surface area contributed by atoms with Gasteiger partial charge in [0.1, 0.15) is 12.6 Å². The van der Waals surface area contributed by atoms with E-state index in [4.69, 9.17) is 4.74 Å². The van der Waals surface area contributed by atoms with Gasteiger partial charge in [-0.15, -0.1) is 0 Å². The van der Waals surface area contributed by atoms with Crippen molar-refractivity contribution in [3.63, 3.8) is 0 Å². The van der Waals surface area contributed by atoms with Crippen LogP contribution in [0.2, 0.25) is 0 Å². The second-order valence-electron chi connectivity index (χ2n) is 3.63. The summed E-state index contributed by atoms with van der Waals surface area (Å²) in [6, 6.07) is 3.12. The number of rotatable bonds is 3. The van der Waals surface area contributed by atoms with Gasteiger partial charge in [0, 0.05) is 24.4 Å². The van der Waals surface area contributed by atoms with Gasteiger partial charge in [-0.05, 0) is 12.5 Å². The monoisotopic (exact) mass is 220 g/mol. The van der Waals surface area contributed by atoms with Gasteiger partial charge in [-0.2, -0.15) is 0 Å². The van der Waals surface area contributed by atoms with Crippen LogP contribution in [0, 0.1) is 0 Å². The first-order chi connectivity index (χ1) is 7.75. The molecule has 84 valence electrons. The molecule has 1 aliphatic rings. The molecule has 1 saturated heterocycles. The van der Waals surface area contributed by atoms with E-state index in [2.05, 4.69) is 10.3 Å². The van der Waals surface area contributed by atoms with Crippen LogP contribution in [-0.2, 0) is 20.9 Å². The number of carbonyl (C=O) groups excluding carboxylic acids is 2. The Morgan fingerprint density at radius 3 is 3.12 bits per heavy atom. The van der Waals surface area contributed by atoms with Crippen molar-refractivity contribution in [2.24, 2.45) is 0 Å². The van der Waals surface area contributed by atoms with E-state index in [-0.39, 0.29) is 18.5 Å². The highest BCUT2D eigenvalue weighted by atomic mass is 16.5. The van der Waals surface area contributed by atoms with Crippen LogP contribution in [0.15, 0.2) is 24.5 Å². The third kappa shape index (κ3) is 2.56. The Hall–Kier alpha value is -1.91. The Labute approximate surface area is 92.8 Å². The SMILES string of the molecule is O=C1CC[C@@H](C(=O)OCc2cccnc2)N1. The van der Waals surface area contributed by atoms with Crippen molar-refractivity contribution in [1.82, 2.24) is 10.3 Å². The number of hydrogen-bond acceptors (Lipinski definition) is 4. The lowest BCUT2D eigenvalue weighted by atomic mass is 10.2. The van der Waals surface area contributed by atoms with Crippen LogP contribution in [-0.4, -0.2) is 22.9 Å². The quantitative estimate of drug-likeness (QED) is 0.749. The minimum absolute atomic E-state index is 0.0941. The molecule has 0 bridgehead atoms. The molecule has 1 amide bonds. The Kier molecular flexibility index (Phi) is 3.14. The molecule has 5 heteroatoms. The van der Waals surface area contributed by atoms with E-state index in [1.807, 2.05) is 6.07 Å². The minimum atomic E-state index is -0.482. The van der Waals surface area contributed by atoms with E-state index in [1.54, 1.807) is 18.5 Å². The van der Waals surface area contributed by atoms with E-state index in [9.17, 15) is 9.59 Å². The number of amides is 1. The fraction of sp³-hybridized carbons (Fsp3) is 0.364. The molecule has 0 aromatic carbocycles. The molecule has 0 radical (unpaired) electrons. The number of ether oxygens (including phenoxy) is 1. The lowest BCUT2D eigenvalue weighted by Crippen LogP contribution is -2.34. The maximum absolute atomic E-state index is 11.5. The Morgan fingerprint density at radius 1 is 1.62 bits per heavy atom. The third-order valence-corrected chi connectivity index (χ3v) is 2.38. The zero-order valence-corrected chi connectivity index (χ0v) is 8.68. The van der Waals surface area contributed by atoms with Gasteiger partial charge >= 0.3 is 5.97 Å². The molecule has 0 aliphatic carbocycles. The van der Waals surface area contributed by atoms with Crippen molar-refractivity contribution in [3.8, 4) is 0 Å². The minimum Gasteiger partial charge on any atom is -0.459 e. The van der Waals surface area contributed by atoms with Gasteiger partial charge in [-0.3, -0.25) is 9.78 Å². The molecule has 1 fully saturated rings. The van der Waals surface area contributed by atoms with Gasteiger partial charge in [-0.1, -0.05) is 6.07 Å². The largest absolute Gasteiger partial charge is 0.459 e. The third-order valence-electron chi connectivity index (χ3n) is 2.38. The van der Waals surface area contributed by atoms with Crippen LogP contribution in [0.5, 0.6) is 0 Å². The molecule has 1 N–H and O–H groups in total. The summed E-state index contributed by atoms with van der Waals surface area (Å²) in [5.74, 6) is -0.474. The number of aromatic nitrogens is 1. The van der Waals surface area contributed by atoms with E-state index in [0.29, 0.717) is 12.8 Å². The summed E-state index contributed by atoms with van der Waals surface area (Å²) < 4.78 is 5.07. The summed E-state index contributed by atoms with van der Waals surface area (Å²) in [4.78, 5) is 26.3. The number of hydrogen-bond donors (Lipinski definition) is 1. The van der Waals surface area contributed by atoms with E-state index < -0.39 is 6.04 Å². The lowest BCUT2D eigenvalue weighted by Gasteiger charge is -2.09. The second kappa shape index (κ2) is 4.74. The Morgan fingerprint density at radius 2 is 2.50 bits per heavy atom. The fourth-order valence-corrected chi connectivity index (χ4v) is 1.53. The van der Waals surface area contributed by atoms with Crippen LogP contribution in [0.25, 0.3) is 0 Å². The smallest absolute Gasteiger partial charge is 0.328 e. The molecule has 2 rings (SSSR count). The predicted molar refractivity (Wildman–Crippen MR) is 55.2 cm³/mol. The molecule has 0 spiro atoms. The first-order valence-electron chi connectivity index (χ1n) is 5.10. The van der Waals surface area contributed by atoms with Gasteiger partial charge in [0.25, 0.3) is 0 Å². The summed E-state index contributed by atoms with van der Waals surface area (Å²) in [6.07, 6.45) is 4.21. The summed E-state index contributed by atoms with van der Waals surface area (Å²) in [5, 5.41) is 2.56. The van der Waals surface area contributed by atoms with Crippen LogP contribution in [0.1, 0.15) is 18.4 Å². The predicted octanol–water partition coefficient (Wildman–Crippen LogP) is 0.403. The second-order valence-corrected chi connectivity index (χ2v) is 3.63. The van der Waals surface area contributed by atoms with Gasteiger partial charge in [-0.25, -0.2) is 4.79 Å². The zero-order valence-electron chi connectivity index (χ0n) is 8.68. The number of carbonyl (C=O) groups is 2. The maximum atomic E-state index is 11.5. The first-order valence-corrected chi connectivity index (χ1v) is 5.10. The van der Waals surface area contributed by atoms with E-state index in [1.165, 1.54) is 0 Å². The molecular formula is C11H12N2O3. The molecule has 0 saturated carbocycles. The average Bonchev–Trinajstić information content (AvgIpc) is 2.74. The van der Waals surface area contributed by atoms with E-state index >= 15 is 0 Å². The van der Waals surface area contributed by atoms with Gasteiger partial charge < -0.3 is 10.1 Å². The maximum Gasteiger partial charge on any atom is 0.328 e. The Balaban J connectivity index is 1.82. The lowest BCUT2D eigenvalue weighted by molar-refractivity contribution is -0.147. The zero-order chi connectivity index (χ0) is 11.4. The molecule has 1 aromatic rings. The molecule has 2 heterocycles. The number of esters is 1. The topological polar surface area (TPSA) is 68.3 Å². The summed E-state index contributed by atoms with van der Waals surface area (Å²) in [5.41, 5.74) is 0.833. The van der Waals surface area contributed by atoms with Crippen molar-refractivity contribution < 1.29 is 14.3 Å². The van der Waals surface area contributed by atoms with Crippen molar-refractivity contribution >= 4 is 11.9 Å². The number of nitrogens with one attached hydrogen (secondary N) is 1. The molecule has 1 aliphatic heterocycles. The fourth-order valence-electron chi connectivity index (χ4n) is 1.53. The summed E-state index contributed by atoms with van der Waals surface area (Å²) in [6.45, 7) is 0.193. The summed E-state index contributed by atoms with van der Waals surface area (Å²) in [7, 11) is 0. The van der Waals surface area contributed by atoms with Gasteiger partial charge in [0.2, 0.25) is 5.91 Å². The molecule has 1 atom stereocenters. The highest BCUT2D eigenvalue weighted by Gasteiger charge is 2.28. The van der Waals surface area contributed by atoms with Crippen molar-refractivity contribution in [2.75, 3.05) is 0 Å². The number of pyridine rings is 1. The standard InChI is InChI=1S/C11H12N2O3/c14-10-4-3-9(13-10)11(15)16-7-8-2-1-5-12-6-8/h1-2,5-6,9H,3-4,7H2,(H,13,14)/t9-/m0/s1. The van der Waals surface area contributed by atoms with Gasteiger partial charge in [0.15, 0.2) is 0 Å². The normalized spacial score (nSPS) is 19.2. The first kappa shape index (κ1) is 10.6. The Bertz CT molecular complexity index is 391. The van der Waals surface area contributed by atoms with Crippen LogP contribution in [0.3, 0.4) is 0 Å². The average molecular weight is 220 g/mol. The van der Waals surface area contributed by atoms with Crippen LogP contribution < -0.4 is 5.32 Å². The van der Waals surface area contributed by atoms with E-state index in [0.717, 1.165) is 5.56 Å². The van der Waals surface area contributed by atoms with Crippen LogP contribution >= 0.6 is 0 Å². The molecular weight excluding hydrogens is 208 g/mol. The molecule has 16 heavy (non-hydrogen) atoms.